The summed E-state index contributed by atoms with van der Waals surface area (Å²) < 4.78 is 12.9. The summed E-state index contributed by atoms with van der Waals surface area (Å²) in [5, 5.41) is 12.2. The summed E-state index contributed by atoms with van der Waals surface area (Å²) in [7, 11) is 0. The van der Waals surface area contributed by atoms with Gasteiger partial charge in [-0.25, -0.2) is 4.39 Å². The lowest BCUT2D eigenvalue weighted by Crippen LogP contribution is -2.39. The number of aliphatic hydroxyl groups excluding tert-OH is 1. The molecule has 19 heavy (non-hydrogen) atoms. The quantitative estimate of drug-likeness (QED) is 0.870. The van der Waals surface area contributed by atoms with Crippen molar-refractivity contribution >= 4 is 11.6 Å². The van der Waals surface area contributed by atoms with Crippen LogP contribution in [0.5, 0.6) is 0 Å². The first-order valence-corrected chi connectivity index (χ1v) is 6.59. The minimum absolute atomic E-state index is 0.134. The van der Waals surface area contributed by atoms with Gasteiger partial charge in [-0.3, -0.25) is 4.79 Å². The van der Waals surface area contributed by atoms with Crippen molar-refractivity contribution in [2.75, 3.05) is 25.0 Å². The molecule has 1 aromatic carbocycles. The molecule has 5 heteroatoms. The smallest absolute Gasteiger partial charge is 0.225 e. The summed E-state index contributed by atoms with van der Waals surface area (Å²) in [5.41, 5.74) is 0.476. The number of hydrogen-bond acceptors (Lipinski definition) is 3. The Bertz CT molecular complexity index is 439. The number of piperidine rings is 1. The van der Waals surface area contributed by atoms with Gasteiger partial charge >= 0.3 is 0 Å². The molecule has 0 radical (unpaired) electrons. The second kappa shape index (κ2) is 6.63. The Morgan fingerprint density at radius 2 is 2.37 bits per heavy atom. The molecular formula is C14H19FN2O2. The van der Waals surface area contributed by atoms with Gasteiger partial charge in [0.2, 0.25) is 5.91 Å². The van der Waals surface area contributed by atoms with E-state index in [1.54, 1.807) is 12.1 Å². The van der Waals surface area contributed by atoms with Crippen LogP contribution in [0.1, 0.15) is 19.3 Å². The zero-order valence-electron chi connectivity index (χ0n) is 10.8. The molecule has 0 unspecified atom stereocenters. The van der Waals surface area contributed by atoms with E-state index >= 15 is 0 Å². The normalized spacial score (nSPS) is 20.2. The van der Waals surface area contributed by atoms with E-state index < -0.39 is 0 Å². The van der Waals surface area contributed by atoms with E-state index in [9.17, 15) is 14.3 Å². The first-order valence-electron chi connectivity index (χ1n) is 6.59. The van der Waals surface area contributed by atoms with Gasteiger partial charge in [0.15, 0.2) is 0 Å². The maximum absolute atomic E-state index is 12.9. The highest BCUT2D eigenvalue weighted by Crippen LogP contribution is 2.11. The number of carbonyl (C=O) groups excluding carboxylic acids is 1. The fraction of sp³-hybridized carbons (Fsp3) is 0.500. The number of hydrogen-bond donors (Lipinski definition) is 2. The van der Waals surface area contributed by atoms with Gasteiger partial charge in [-0.1, -0.05) is 6.07 Å². The number of benzene rings is 1. The summed E-state index contributed by atoms with van der Waals surface area (Å²) in [6, 6.07) is 5.85. The summed E-state index contributed by atoms with van der Waals surface area (Å²) >= 11 is 0. The van der Waals surface area contributed by atoms with Gasteiger partial charge in [0.25, 0.3) is 0 Å². The SMILES string of the molecule is O=C(CCN1CCC[C@H](O)C1)Nc1cccc(F)c1. The van der Waals surface area contributed by atoms with Crippen LogP contribution in [0, 0.1) is 5.82 Å². The molecule has 0 aliphatic carbocycles. The number of rotatable bonds is 4. The van der Waals surface area contributed by atoms with Crippen LogP contribution in [0.4, 0.5) is 10.1 Å². The molecule has 1 aliphatic rings. The molecular weight excluding hydrogens is 247 g/mol. The van der Waals surface area contributed by atoms with E-state index in [1.807, 2.05) is 0 Å². The number of anilines is 1. The van der Waals surface area contributed by atoms with E-state index in [0.29, 0.717) is 25.2 Å². The van der Waals surface area contributed by atoms with Crippen LogP contribution in [-0.2, 0) is 4.79 Å². The Hall–Kier alpha value is -1.46. The van der Waals surface area contributed by atoms with Crippen LogP contribution < -0.4 is 5.32 Å². The third kappa shape index (κ3) is 4.61. The van der Waals surface area contributed by atoms with Crippen LogP contribution in [0.2, 0.25) is 0 Å². The van der Waals surface area contributed by atoms with Gasteiger partial charge in [-0.15, -0.1) is 0 Å². The minimum Gasteiger partial charge on any atom is -0.392 e. The van der Waals surface area contributed by atoms with Gasteiger partial charge in [0.05, 0.1) is 6.10 Å². The van der Waals surface area contributed by atoms with Gasteiger partial charge in [-0.2, -0.15) is 0 Å². The lowest BCUT2D eigenvalue weighted by Gasteiger charge is -2.29. The number of halogens is 1. The molecule has 4 nitrogen and oxygen atoms in total. The number of amides is 1. The third-order valence-electron chi connectivity index (χ3n) is 3.24. The highest BCUT2D eigenvalue weighted by molar-refractivity contribution is 5.90. The van der Waals surface area contributed by atoms with Gasteiger partial charge in [0, 0.05) is 25.2 Å². The molecule has 104 valence electrons. The third-order valence-corrected chi connectivity index (χ3v) is 3.24. The maximum atomic E-state index is 12.9. The lowest BCUT2D eigenvalue weighted by atomic mass is 10.1. The molecule has 1 aliphatic heterocycles. The molecule has 1 aromatic rings. The Balaban J connectivity index is 1.75. The van der Waals surface area contributed by atoms with Gasteiger partial charge < -0.3 is 15.3 Å². The fourth-order valence-corrected chi connectivity index (χ4v) is 2.28. The molecule has 0 spiro atoms. The van der Waals surface area contributed by atoms with E-state index in [0.717, 1.165) is 19.4 Å². The predicted octanol–water partition coefficient (Wildman–Crippen LogP) is 1.61. The molecule has 0 bridgehead atoms. The number of β-amino-alcohol motifs (C(OH)–C–C–N with tert-alkyl or cyclic N) is 1. The van der Waals surface area contributed by atoms with E-state index in [2.05, 4.69) is 10.2 Å². The Morgan fingerprint density at radius 3 is 3.11 bits per heavy atom. The van der Waals surface area contributed by atoms with Crippen LogP contribution in [0.3, 0.4) is 0 Å². The molecule has 1 fully saturated rings. The summed E-state index contributed by atoms with van der Waals surface area (Å²) in [6.45, 7) is 2.18. The second-order valence-corrected chi connectivity index (χ2v) is 4.91. The van der Waals surface area contributed by atoms with Crippen molar-refractivity contribution < 1.29 is 14.3 Å². The number of nitrogens with zero attached hydrogens (tertiary/aromatic N) is 1. The standard InChI is InChI=1S/C14H19FN2O2/c15-11-3-1-4-12(9-11)16-14(19)6-8-17-7-2-5-13(18)10-17/h1,3-4,9,13,18H,2,5-8,10H2,(H,16,19)/t13-/m0/s1. The second-order valence-electron chi connectivity index (χ2n) is 4.91. The topological polar surface area (TPSA) is 52.6 Å². The van der Waals surface area contributed by atoms with Crippen molar-refractivity contribution in [2.24, 2.45) is 0 Å². The number of aliphatic hydroxyl groups is 1. The van der Waals surface area contributed by atoms with E-state index in [4.69, 9.17) is 0 Å². The highest BCUT2D eigenvalue weighted by Gasteiger charge is 2.17. The zero-order chi connectivity index (χ0) is 13.7. The molecule has 2 N–H and O–H groups in total. The summed E-state index contributed by atoms with van der Waals surface area (Å²) in [6.07, 6.45) is 1.88. The first kappa shape index (κ1) is 14.0. The lowest BCUT2D eigenvalue weighted by molar-refractivity contribution is -0.116. The van der Waals surface area contributed by atoms with Crippen LogP contribution in [-0.4, -0.2) is 41.7 Å². The number of likely N-dealkylation sites (tertiary alicyclic amines) is 1. The van der Waals surface area contributed by atoms with Crippen molar-refractivity contribution in [1.29, 1.82) is 0 Å². The average Bonchev–Trinajstić information content (AvgIpc) is 2.36. The van der Waals surface area contributed by atoms with Crippen molar-refractivity contribution in [3.05, 3.63) is 30.1 Å². The summed E-state index contributed by atoms with van der Waals surface area (Å²) in [5.74, 6) is -0.498. The number of nitrogens with one attached hydrogen (secondary N) is 1. The number of carbonyl (C=O) groups is 1. The molecule has 1 amide bonds. The minimum atomic E-state index is -0.364. The van der Waals surface area contributed by atoms with Crippen molar-refractivity contribution in [2.45, 2.75) is 25.4 Å². The van der Waals surface area contributed by atoms with Crippen molar-refractivity contribution in [1.82, 2.24) is 4.90 Å². The monoisotopic (exact) mass is 266 g/mol. The van der Waals surface area contributed by atoms with Crippen LogP contribution in [0.15, 0.2) is 24.3 Å². The average molecular weight is 266 g/mol. The molecule has 0 saturated carbocycles. The van der Waals surface area contributed by atoms with Crippen molar-refractivity contribution in [3.63, 3.8) is 0 Å². The van der Waals surface area contributed by atoms with E-state index in [1.165, 1.54) is 12.1 Å². The Morgan fingerprint density at radius 1 is 1.53 bits per heavy atom. The summed E-state index contributed by atoms with van der Waals surface area (Å²) in [4.78, 5) is 13.8. The Kier molecular flexibility index (Phi) is 4.87. The molecule has 0 aromatic heterocycles. The zero-order valence-corrected chi connectivity index (χ0v) is 10.8. The largest absolute Gasteiger partial charge is 0.392 e. The predicted molar refractivity (Wildman–Crippen MR) is 71.3 cm³/mol. The molecule has 1 atom stereocenters. The van der Waals surface area contributed by atoms with Gasteiger partial charge in [0.1, 0.15) is 5.82 Å². The van der Waals surface area contributed by atoms with E-state index in [-0.39, 0.29) is 17.8 Å². The highest BCUT2D eigenvalue weighted by atomic mass is 19.1. The van der Waals surface area contributed by atoms with Crippen LogP contribution >= 0.6 is 0 Å². The fourth-order valence-electron chi connectivity index (χ4n) is 2.28. The molecule has 2 rings (SSSR count). The Labute approximate surface area is 112 Å². The van der Waals surface area contributed by atoms with Crippen LogP contribution in [0.25, 0.3) is 0 Å². The van der Waals surface area contributed by atoms with Gasteiger partial charge in [-0.05, 0) is 37.6 Å². The maximum Gasteiger partial charge on any atom is 0.225 e. The van der Waals surface area contributed by atoms with Crippen molar-refractivity contribution in [3.8, 4) is 0 Å². The molecule has 1 saturated heterocycles. The molecule has 1 heterocycles. The first-order chi connectivity index (χ1) is 9.13.